The van der Waals surface area contributed by atoms with Gasteiger partial charge in [-0.1, -0.05) is 29.3 Å². The average Bonchev–Trinajstić information content (AvgIpc) is 2.92. The number of ether oxygens (including phenoxy) is 1. The van der Waals surface area contributed by atoms with Crippen molar-refractivity contribution < 1.29 is 49.3 Å². The molecule has 0 heterocycles. The summed E-state index contributed by atoms with van der Waals surface area (Å²) < 4.78 is 117. The number of aryl methyl sites for hydroxylation is 1. The van der Waals surface area contributed by atoms with Crippen molar-refractivity contribution in [3.8, 4) is 0 Å². The standard InChI is InChI=1S/C24H19ClF6N4O7S2/c1-14-3-6-17(7-4-14)44(40,41)32(9-10-42-2)43-33(20-11-15(23(26,27)28)5-8-19(20)25)22-18(24(29,30)31)12-16(34(36)37)13-21(22)35(38)39/h3-8,11-13H,9-10H2,1-2H3. The zero-order valence-corrected chi connectivity index (χ0v) is 24.6. The third-order valence-electron chi connectivity index (χ3n) is 5.72. The Morgan fingerprint density at radius 3 is 2.05 bits per heavy atom. The fourth-order valence-corrected chi connectivity index (χ4v) is 6.56. The van der Waals surface area contributed by atoms with Crippen molar-refractivity contribution in [1.29, 1.82) is 0 Å². The highest BCUT2D eigenvalue weighted by Gasteiger charge is 2.44. The van der Waals surface area contributed by atoms with Crippen molar-refractivity contribution in [2.75, 3.05) is 24.6 Å². The van der Waals surface area contributed by atoms with Crippen LogP contribution < -0.4 is 4.31 Å². The van der Waals surface area contributed by atoms with Gasteiger partial charge in [-0.15, -0.1) is 3.71 Å². The van der Waals surface area contributed by atoms with Gasteiger partial charge in [0.05, 0.1) is 67.9 Å². The van der Waals surface area contributed by atoms with Crippen molar-refractivity contribution in [3.05, 3.63) is 96.5 Å². The minimum absolute atomic E-state index is 0.0641. The number of nitrogens with zero attached hydrogens (tertiary/aromatic N) is 4. The van der Waals surface area contributed by atoms with Gasteiger partial charge in [0.1, 0.15) is 5.69 Å². The van der Waals surface area contributed by atoms with Crippen LogP contribution in [0, 0.1) is 27.2 Å². The molecule has 44 heavy (non-hydrogen) atoms. The number of halogens is 7. The second-order valence-electron chi connectivity index (χ2n) is 8.75. The molecule has 0 fully saturated rings. The quantitative estimate of drug-likeness (QED) is 0.0866. The summed E-state index contributed by atoms with van der Waals surface area (Å²) in [6.07, 6.45) is -10.7. The lowest BCUT2D eigenvalue weighted by Crippen LogP contribution is -2.32. The smallest absolute Gasteiger partial charge is 0.383 e. The highest BCUT2D eigenvalue weighted by molar-refractivity contribution is 8.09. The minimum atomic E-state index is -5.58. The Morgan fingerprint density at radius 1 is 0.932 bits per heavy atom. The number of benzene rings is 3. The van der Waals surface area contributed by atoms with E-state index < -0.39 is 89.2 Å². The van der Waals surface area contributed by atoms with Gasteiger partial charge in [-0.25, -0.2) is 8.42 Å². The highest BCUT2D eigenvalue weighted by atomic mass is 35.5. The summed E-state index contributed by atoms with van der Waals surface area (Å²) in [5.41, 5.74) is -8.27. The molecule has 3 aromatic carbocycles. The van der Waals surface area contributed by atoms with Gasteiger partial charge in [0.15, 0.2) is 0 Å². The molecule has 0 unspecified atom stereocenters. The van der Waals surface area contributed by atoms with E-state index in [9.17, 15) is 55.0 Å². The molecule has 0 aromatic heterocycles. The summed E-state index contributed by atoms with van der Waals surface area (Å²) in [5.74, 6) is 0. The summed E-state index contributed by atoms with van der Waals surface area (Å²) >= 11 is 5.96. The lowest BCUT2D eigenvalue weighted by atomic mass is 10.1. The molecule has 3 rings (SSSR count). The molecule has 0 saturated heterocycles. The fraction of sp³-hybridized carbons (Fsp3) is 0.250. The SMILES string of the molecule is COCCN(SN(c1cc(C(F)(F)F)ccc1Cl)c1c([N+](=O)[O-])cc([N+](=O)[O-])cc1C(F)(F)F)S(=O)(=O)c1ccc(C)cc1. The van der Waals surface area contributed by atoms with Gasteiger partial charge in [0.25, 0.3) is 15.7 Å². The largest absolute Gasteiger partial charge is 0.418 e. The summed E-state index contributed by atoms with van der Waals surface area (Å²) in [5, 5.41) is 22.7. The Bertz CT molecular complexity index is 1670. The maximum Gasteiger partial charge on any atom is 0.418 e. The van der Waals surface area contributed by atoms with Gasteiger partial charge in [-0.3, -0.25) is 24.5 Å². The molecule has 0 aliphatic rings. The Morgan fingerprint density at radius 2 is 1.55 bits per heavy atom. The van der Waals surface area contributed by atoms with E-state index in [0.29, 0.717) is 21.4 Å². The Balaban J connectivity index is 2.46. The molecule has 0 radical (unpaired) electrons. The van der Waals surface area contributed by atoms with E-state index >= 15 is 0 Å². The third-order valence-corrected chi connectivity index (χ3v) is 9.32. The molecule has 0 saturated carbocycles. The van der Waals surface area contributed by atoms with Crippen LogP contribution in [-0.4, -0.2) is 42.2 Å². The summed E-state index contributed by atoms with van der Waals surface area (Å²) in [6, 6.07) is 6.59. The van der Waals surface area contributed by atoms with Gasteiger partial charge in [0.2, 0.25) is 0 Å². The first-order valence-electron chi connectivity index (χ1n) is 11.8. The van der Waals surface area contributed by atoms with E-state index in [4.69, 9.17) is 16.3 Å². The summed E-state index contributed by atoms with van der Waals surface area (Å²) in [7, 11) is -3.55. The number of alkyl halides is 6. The Hall–Kier alpha value is -3.65. The number of sulfonamides is 1. The molecule has 0 bridgehead atoms. The second-order valence-corrected chi connectivity index (χ2v) is 12.2. The first-order valence-corrected chi connectivity index (χ1v) is 14.3. The van der Waals surface area contributed by atoms with Gasteiger partial charge in [0, 0.05) is 13.2 Å². The molecule has 0 N–H and O–H groups in total. The van der Waals surface area contributed by atoms with E-state index in [-0.39, 0.29) is 34.6 Å². The molecule has 0 spiro atoms. The lowest BCUT2D eigenvalue weighted by molar-refractivity contribution is -0.394. The van der Waals surface area contributed by atoms with Crippen LogP contribution in [0.5, 0.6) is 0 Å². The molecular formula is C24H19ClF6N4O7S2. The van der Waals surface area contributed by atoms with Gasteiger partial charge < -0.3 is 4.74 Å². The molecular weight excluding hydrogens is 670 g/mol. The van der Waals surface area contributed by atoms with Crippen LogP contribution in [0.1, 0.15) is 16.7 Å². The van der Waals surface area contributed by atoms with Gasteiger partial charge >= 0.3 is 18.0 Å². The van der Waals surface area contributed by atoms with Crippen LogP contribution in [0.4, 0.5) is 49.1 Å². The zero-order chi connectivity index (χ0) is 33.2. The Labute approximate surface area is 254 Å². The minimum Gasteiger partial charge on any atom is -0.383 e. The van der Waals surface area contributed by atoms with Gasteiger partial charge in [-0.05, 0) is 37.3 Å². The van der Waals surface area contributed by atoms with Crippen molar-refractivity contribution >= 4 is 56.5 Å². The first-order chi connectivity index (χ1) is 20.3. The van der Waals surface area contributed by atoms with Crippen LogP contribution in [0.25, 0.3) is 0 Å². The van der Waals surface area contributed by atoms with E-state index in [2.05, 4.69) is 0 Å². The summed E-state index contributed by atoms with van der Waals surface area (Å²) in [6.45, 7) is 0.612. The predicted molar refractivity (Wildman–Crippen MR) is 148 cm³/mol. The zero-order valence-electron chi connectivity index (χ0n) is 22.2. The third kappa shape index (κ3) is 7.70. The van der Waals surface area contributed by atoms with Crippen molar-refractivity contribution in [3.63, 3.8) is 0 Å². The van der Waals surface area contributed by atoms with Gasteiger partial charge in [-0.2, -0.15) is 26.3 Å². The fourth-order valence-electron chi connectivity index (χ4n) is 3.62. The van der Waals surface area contributed by atoms with Crippen LogP contribution >= 0.6 is 23.7 Å². The molecule has 3 aromatic rings. The predicted octanol–water partition coefficient (Wildman–Crippen LogP) is 7.54. The average molecular weight is 689 g/mol. The van der Waals surface area contributed by atoms with E-state index in [1.807, 2.05) is 0 Å². The number of nitro benzene ring substituents is 2. The van der Waals surface area contributed by atoms with Crippen LogP contribution in [-0.2, 0) is 27.1 Å². The Kier molecular flexibility index (Phi) is 10.4. The van der Waals surface area contributed by atoms with Crippen LogP contribution in [0.3, 0.4) is 0 Å². The molecule has 20 heteroatoms. The molecule has 0 aliphatic heterocycles. The first kappa shape index (κ1) is 34.8. The summed E-state index contributed by atoms with van der Waals surface area (Å²) in [4.78, 5) is 20.3. The normalized spacial score (nSPS) is 12.4. The van der Waals surface area contributed by atoms with Crippen LogP contribution in [0.2, 0.25) is 5.02 Å². The van der Waals surface area contributed by atoms with Crippen molar-refractivity contribution in [2.45, 2.75) is 24.2 Å². The number of nitro groups is 2. The lowest BCUT2D eigenvalue weighted by Gasteiger charge is -2.31. The molecule has 0 atom stereocenters. The maximum absolute atomic E-state index is 14.4. The number of methoxy groups -OCH3 is 1. The van der Waals surface area contributed by atoms with Crippen molar-refractivity contribution in [2.24, 2.45) is 0 Å². The van der Waals surface area contributed by atoms with E-state index in [0.717, 1.165) is 19.2 Å². The molecule has 11 nitrogen and oxygen atoms in total. The van der Waals surface area contributed by atoms with Crippen LogP contribution in [0.15, 0.2) is 59.5 Å². The molecule has 0 aliphatic carbocycles. The highest BCUT2D eigenvalue weighted by Crippen LogP contribution is 2.52. The van der Waals surface area contributed by atoms with E-state index in [1.165, 1.54) is 12.1 Å². The topological polar surface area (TPSA) is 136 Å². The number of rotatable bonds is 11. The number of hydrogen-bond donors (Lipinski definition) is 0. The second kappa shape index (κ2) is 13.1. The van der Waals surface area contributed by atoms with E-state index in [1.54, 1.807) is 6.92 Å². The number of hydrogen-bond acceptors (Lipinski definition) is 9. The molecule has 238 valence electrons. The maximum atomic E-state index is 14.4. The number of non-ortho nitro benzene ring substituents is 1. The van der Waals surface area contributed by atoms with Crippen molar-refractivity contribution in [1.82, 2.24) is 3.71 Å². The molecule has 0 amide bonds. The number of anilines is 2. The monoisotopic (exact) mass is 688 g/mol.